The molecule has 0 aromatic rings. The summed E-state index contributed by atoms with van der Waals surface area (Å²) in [6.45, 7) is 3.65. The van der Waals surface area contributed by atoms with Crippen LogP contribution in [0.1, 0.15) is 32.1 Å². The van der Waals surface area contributed by atoms with Crippen molar-refractivity contribution in [2.24, 2.45) is 0 Å². The van der Waals surface area contributed by atoms with Crippen LogP contribution in [0.2, 0.25) is 0 Å². The smallest absolute Gasteiger partial charge is 0.315 e. The largest absolute Gasteiger partial charge is 0.324 e. The Labute approximate surface area is 90.3 Å². The number of hydrogen-bond donors (Lipinski definition) is 1. The lowest BCUT2D eigenvalue weighted by atomic mass is 10.1. The lowest BCUT2D eigenvalue weighted by Gasteiger charge is -2.15. The molecule has 1 heterocycles. The van der Waals surface area contributed by atoms with Crippen LogP contribution < -0.4 is 5.32 Å². The zero-order chi connectivity index (χ0) is 11.3. The number of unbranched alkanes of at least 4 members (excludes halogenated alkanes) is 3. The predicted molar refractivity (Wildman–Crippen MR) is 58.4 cm³/mol. The van der Waals surface area contributed by atoms with E-state index in [4.69, 9.17) is 0 Å². The first-order valence-electron chi connectivity index (χ1n) is 5.35. The van der Waals surface area contributed by atoms with Crippen LogP contribution in [0.15, 0.2) is 12.7 Å². The number of likely N-dealkylation sites (N-methyl/N-ethyl adjacent to an activating group) is 1. The van der Waals surface area contributed by atoms with Crippen LogP contribution in [0.3, 0.4) is 0 Å². The number of allylic oxidation sites excluding steroid dienone is 1. The SMILES string of the molecule is C=CCCCCCC1C(=O)NC(=O)N1C. The van der Waals surface area contributed by atoms with Gasteiger partial charge in [-0.1, -0.05) is 18.9 Å². The van der Waals surface area contributed by atoms with Crippen LogP contribution >= 0.6 is 0 Å². The maximum absolute atomic E-state index is 11.3. The summed E-state index contributed by atoms with van der Waals surface area (Å²) < 4.78 is 0. The highest BCUT2D eigenvalue weighted by Gasteiger charge is 2.34. The van der Waals surface area contributed by atoms with Gasteiger partial charge in [-0.2, -0.15) is 0 Å². The van der Waals surface area contributed by atoms with Crippen LogP contribution in [0, 0.1) is 0 Å². The quantitative estimate of drug-likeness (QED) is 0.412. The molecule has 0 radical (unpaired) electrons. The van der Waals surface area contributed by atoms with Crippen LogP contribution in [0.5, 0.6) is 0 Å². The molecule has 15 heavy (non-hydrogen) atoms. The zero-order valence-corrected chi connectivity index (χ0v) is 9.16. The van der Waals surface area contributed by atoms with E-state index < -0.39 is 0 Å². The number of urea groups is 1. The molecule has 1 aliphatic rings. The van der Waals surface area contributed by atoms with E-state index in [9.17, 15) is 9.59 Å². The van der Waals surface area contributed by atoms with Gasteiger partial charge in [0.15, 0.2) is 0 Å². The minimum absolute atomic E-state index is 0.161. The summed E-state index contributed by atoms with van der Waals surface area (Å²) in [6.07, 6.45) is 6.84. The summed E-state index contributed by atoms with van der Waals surface area (Å²) >= 11 is 0. The number of hydrogen-bond acceptors (Lipinski definition) is 2. The molecule has 1 aliphatic heterocycles. The van der Waals surface area contributed by atoms with Crippen molar-refractivity contribution in [2.45, 2.75) is 38.1 Å². The predicted octanol–water partition coefficient (Wildman–Crippen LogP) is 1.67. The average molecular weight is 210 g/mol. The number of imide groups is 1. The Kier molecular flexibility index (Phi) is 4.34. The minimum atomic E-state index is -0.281. The molecule has 1 saturated heterocycles. The van der Waals surface area contributed by atoms with Crippen LogP contribution in [-0.2, 0) is 4.79 Å². The first-order chi connectivity index (χ1) is 7.16. The zero-order valence-electron chi connectivity index (χ0n) is 9.16. The number of nitrogens with one attached hydrogen (secondary N) is 1. The van der Waals surface area contributed by atoms with E-state index in [0.717, 1.165) is 32.1 Å². The molecular weight excluding hydrogens is 192 g/mol. The molecule has 0 bridgehead atoms. The molecular formula is C11H18N2O2. The average Bonchev–Trinajstić information content (AvgIpc) is 2.44. The Morgan fingerprint density at radius 1 is 1.40 bits per heavy atom. The summed E-state index contributed by atoms with van der Waals surface area (Å²) in [7, 11) is 1.66. The number of amides is 3. The maximum atomic E-state index is 11.3. The topological polar surface area (TPSA) is 49.4 Å². The molecule has 0 aromatic carbocycles. The standard InChI is InChI=1S/C11H18N2O2/c1-3-4-5-6-7-8-9-10(14)12-11(15)13(9)2/h3,9H,1,4-8H2,2H3,(H,12,14,15). The summed E-state index contributed by atoms with van der Waals surface area (Å²) in [5.41, 5.74) is 0. The maximum Gasteiger partial charge on any atom is 0.324 e. The monoisotopic (exact) mass is 210 g/mol. The summed E-state index contributed by atoms with van der Waals surface area (Å²) in [5.74, 6) is -0.161. The van der Waals surface area contributed by atoms with Crippen molar-refractivity contribution in [3.8, 4) is 0 Å². The lowest BCUT2D eigenvalue weighted by Crippen LogP contribution is -2.31. The molecule has 0 saturated carbocycles. The highest BCUT2D eigenvalue weighted by atomic mass is 16.2. The highest BCUT2D eigenvalue weighted by molar-refractivity contribution is 6.03. The number of carbonyl (C=O) groups is 2. The van der Waals surface area contributed by atoms with Gasteiger partial charge in [0.05, 0.1) is 0 Å². The lowest BCUT2D eigenvalue weighted by molar-refractivity contribution is -0.121. The molecule has 84 valence electrons. The van der Waals surface area contributed by atoms with Crippen molar-refractivity contribution in [2.75, 3.05) is 7.05 Å². The van der Waals surface area contributed by atoms with Crippen LogP contribution in [-0.4, -0.2) is 29.9 Å². The third-order valence-corrected chi connectivity index (χ3v) is 2.71. The normalized spacial score (nSPS) is 20.6. The van der Waals surface area contributed by atoms with Crippen molar-refractivity contribution >= 4 is 11.9 Å². The van der Waals surface area contributed by atoms with Crippen molar-refractivity contribution in [1.82, 2.24) is 10.2 Å². The van der Waals surface area contributed by atoms with Crippen molar-refractivity contribution < 1.29 is 9.59 Å². The van der Waals surface area contributed by atoms with Crippen LogP contribution in [0.4, 0.5) is 4.79 Å². The molecule has 4 heteroatoms. The number of carbonyl (C=O) groups excluding carboxylic acids is 2. The van der Waals surface area contributed by atoms with Gasteiger partial charge in [0, 0.05) is 7.05 Å². The van der Waals surface area contributed by atoms with Gasteiger partial charge in [-0.15, -0.1) is 6.58 Å². The van der Waals surface area contributed by atoms with Gasteiger partial charge in [0.25, 0.3) is 5.91 Å². The molecule has 3 amide bonds. The van der Waals surface area contributed by atoms with Gasteiger partial charge in [-0.25, -0.2) is 4.79 Å². The second kappa shape index (κ2) is 5.53. The summed E-state index contributed by atoms with van der Waals surface area (Å²) in [6, 6.07) is -0.544. The van der Waals surface area contributed by atoms with E-state index in [2.05, 4.69) is 11.9 Å². The van der Waals surface area contributed by atoms with Gasteiger partial charge >= 0.3 is 6.03 Å². The van der Waals surface area contributed by atoms with Crippen molar-refractivity contribution in [3.05, 3.63) is 12.7 Å². The molecule has 0 aliphatic carbocycles. The Hall–Kier alpha value is -1.32. The van der Waals surface area contributed by atoms with Gasteiger partial charge in [0.2, 0.25) is 0 Å². The molecule has 0 aromatic heterocycles. The Bertz CT molecular complexity index is 263. The van der Waals surface area contributed by atoms with Crippen molar-refractivity contribution in [1.29, 1.82) is 0 Å². The summed E-state index contributed by atoms with van der Waals surface area (Å²) in [4.78, 5) is 23.9. The van der Waals surface area contributed by atoms with E-state index in [1.807, 2.05) is 6.08 Å². The molecule has 1 unspecified atom stereocenters. The molecule has 1 N–H and O–H groups in total. The minimum Gasteiger partial charge on any atom is -0.315 e. The van der Waals surface area contributed by atoms with E-state index in [1.165, 1.54) is 4.90 Å². The van der Waals surface area contributed by atoms with Gasteiger partial charge in [-0.3, -0.25) is 10.1 Å². The molecule has 4 nitrogen and oxygen atoms in total. The second-order valence-electron chi connectivity index (χ2n) is 3.85. The first-order valence-corrected chi connectivity index (χ1v) is 5.35. The third kappa shape index (κ3) is 3.08. The number of nitrogens with zero attached hydrogens (tertiary/aromatic N) is 1. The highest BCUT2D eigenvalue weighted by Crippen LogP contribution is 2.14. The fourth-order valence-electron chi connectivity index (χ4n) is 1.72. The number of rotatable bonds is 6. The molecule has 0 spiro atoms. The molecule has 1 rings (SSSR count). The van der Waals surface area contributed by atoms with Crippen LogP contribution in [0.25, 0.3) is 0 Å². The second-order valence-corrected chi connectivity index (χ2v) is 3.85. The van der Waals surface area contributed by atoms with E-state index in [-0.39, 0.29) is 18.0 Å². The Morgan fingerprint density at radius 3 is 2.67 bits per heavy atom. The fraction of sp³-hybridized carbons (Fsp3) is 0.636. The van der Waals surface area contributed by atoms with E-state index in [0.29, 0.717) is 0 Å². The Morgan fingerprint density at radius 2 is 2.13 bits per heavy atom. The summed E-state index contributed by atoms with van der Waals surface area (Å²) in [5, 5.41) is 2.30. The van der Waals surface area contributed by atoms with Crippen molar-refractivity contribution in [3.63, 3.8) is 0 Å². The first kappa shape index (κ1) is 11.8. The van der Waals surface area contributed by atoms with Gasteiger partial charge in [-0.05, 0) is 19.3 Å². The van der Waals surface area contributed by atoms with Gasteiger partial charge < -0.3 is 4.90 Å². The molecule has 1 atom stereocenters. The van der Waals surface area contributed by atoms with E-state index >= 15 is 0 Å². The molecule has 1 fully saturated rings. The van der Waals surface area contributed by atoms with Gasteiger partial charge in [0.1, 0.15) is 6.04 Å². The fourth-order valence-corrected chi connectivity index (χ4v) is 1.72. The Balaban J connectivity index is 2.23. The van der Waals surface area contributed by atoms with E-state index in [1.54, 1.807) is 7.05 Å². The third-order valence-electron chi connectivity index (χ3n) is 2.71.